The highest BCUT2D eigenvalue weighted by Crippen LogP contribution is 2.31. The summed E-state index contributed by atoms with van der Waals surface area (Å²) in [5.41, 5.74) is 13.1. The second kappa shape index (κ2) is 7.90. The molecule has 1 rings (SSSR count). The maximum Gasteiger partial charge on any atom is 0.330 e. The molecule has 1 radical (unpaired) electrons. The van der Waals surface area contributed by atoms with Gasteiger partial charge in [-0.25, -0.2) is 0 Å². The van der Waals surface area contributed by atoms with Crippen LogP contribution in [0.3, 0.4) is 0 Å². The number of hydrogen-bond donors (Lipinski definition) is 3. The molecule has 0 saturated carbocycles. The Balaban J connectivity index is 2.89. The molecule has 0 bridgehead atoms. The van der Waals surface area contributed by atoms with E-state index in [9.17, 15) is 5.11 Å². The van der Waals surface area contributed by atoms with Crippen LogP contribution in [0.25, 0.3) is 0 Å². The minimum Gasteiger partial charge on any atom is -0.427 e. The molecule has 0 aliphatic carbocycles. The molecule has 135 valence electrons. The van der Waals surface area contributed by atoms with E-state index in [0.717, 1.165) is 16.7 Å². The fourth-order valence-electron chi connectivity index (χ4n) is 2.73. The lowest BCUT2D eigenvalue weighted by Gasteiger charge is -2.41. The van der Waals surface area contributed by atoms with Crippen LogP contribution in [0, 0.1) is 5.92 Å². The van der Waals surface area contributed by atoms with E-state index in [-0.39, 0.29) is 12.0 Å². The molecule has 24 heavy (non-hydrogen) atoms. The van der Waals surface area contributed by atoms with Crippen molar-refractivity contribution in [3.8, 4) is 0 Å². The van der Waals surface area contributed by atoms with Crippen LogP contribution in [0.1, 0.15) is 66.4 Å². The number of aliphatic hydroxyl groups is 1. The van der Waals surface area contributed by atoms with E-state index in [0.29, 0.717) is 12.3 Å². The Bertz CT molecular complexity index is 542. The predicted molar refractivity (Wildman–Crippen MR) is 104 cm³/mol. The number of nitrogens with two attached hydrogens (primary N) is 2. The lowest BCUT2D eigenvalue weighted by Crippen LogP contribution is -2.52. The van der Waals surface area contributed by atoms with Crippen LogP contribution in [-0.2, 0) is 4.65 Å². The van der Waals surface area contributed by atoms with Crippen molar-refractivity contribution in [3.63, 3.8) is 0 Å². The van der Waals surface area contributed by atoms with Crippen LogP contribution >= 0.6 is 0 Å². The monoisotopic (exact) mass is 333 g/mol. The highest BCUT2D eigenvalue weighted by atomic mass is 16.5. The third kappa shape index (κ3) is 5.23. The number of hydrogen-bond acceptors (Lipinski definition) is 4. The SMILES string of the molecule is CC(C)CC(C)(O)C(C)(C)O[B]c1ccc(N)c(C(C)C(C)N)c1. The fraction of sp³-hybridized carbons (Fsp3) is 0.684. The minimum atomic E-state index is -0.923. The molecular formula is C19H34BN2O2. The number of anilines is 1. The predicted octanol–water partition coefficient (Wildman–Crippen LogP) is 2.56. The summed E-state index contributed by atoms with van der Waals surface area (Å²) in [7, 11) is 1.70. The average molecular weight is 333 g/mol. The van der Waals surface area contributed by atoms with Gasteiger partial charge < -0.3 is 21.2 Å². The number of rotatable bonds is 8. The Hall–Kier alpha value is -1.04. The molecule has 0 spiro atoms. The maximum absolute atomic E-state index is 10.8. The summed E-state index contributed by atoms with van der Waals surface area (Å²) in [5.74, 6) is 0.549. The summed E-state index contributed by atoms with van der Waals surface area (Å²) < 4.78 is 5.97. The molecule has 5 heteroatoms. The van der Waals surface area contributed by atoms with Gasteiger partial charge in [0.25, 0.3) is 0 Å². The van der Waals surface area contributed by atoms with Crippen LogP contribution < -0.4 is 16.9 Å². The van der Waals surface area contributed by atoms with Gasteiger partial charge in [-0.2, -0.15) is 0 Å². The molecule has 5 N–H and O–H groups in total. The second-order valence-electron chi connectivity index (χ2n) is 8.15. The summed E-state index contributed by atoms with van der Waals surface area (Å²) >= 11 is 0. The molecule has 0 aliphatic heterocycles. The Morgan fingerprint density at radius 1 is 1.17 bits per heavy atom. The summed E-state index contributed by atoms with van der Waals surface area (Å²) in [6.07, 6.45) is 0.669. The van der Waals surface area contributed by atoms with E-state index in [1.807, 2.05) is 45.9 Å². The molecule has 1 aromatic rings. The molecule has 0 heterocycles. The van der Waals surface area contributed by atoms with E-state index in [1.165, 1.54) is 0 Å². The summed E-state index contributed by atoms with van der Waals surface area (Å²) in [5, 5.41) is 10.8. The fourth-order valence-corrected chi connectivity index (χ4v) is 2.73. The largest absolute Gasteiger partial charge is 0.427 e. The highest BCUT2D eigenvalue weighted by molar-refractivity contribution is 6.47. The van der Waals surface area contributed by atoms with Crippen molar-refractivity contribution in [3.05, 3.63) is 23.8 Å². The number of benzene rings is 1. The van der Waals surface area contributed by atoms with Crippen LogP contribution in [0.4, 0.5) is 5.69 Å². The van der Waals surface area contributed by atoms with Crippen molar-refractivity contribution >= 4 is 18.6 Å². The van der Waals surface area contributed by atoms with Crippen molar-refractivity contribution in [1.29, 1.82) is 0 Å². The first-order valence-corrected chi connectivity index (χ1v) is 8.76. The quantitative estimate of drug-likeness (QED) is 0.504. The first-order chi connectivity index (χ1) is 10.9. The third-order valence-electron chi connectivity index (χ3n) is 4.98. The van der Waals surface area contributed by atoms with Gasteiger partial charge in [-0.1, -0.05) is 38.4 Å². The highest BCUT2D eigenvalue weighted by Gasteiger charge is 2.40. The van der Waals surface area contributed by atoms with E-state index < -0.39 is 11.2 Å². The van der Waals surface area contributed by atoms with Gasteiger partial charge in [0.2, 0.25) is 0 Å². The standard InChI is InChI=1S/C19H34BN2O2/c1-12(2)11-19(7,23)18(5,6)24-20-15-8-9-17(22)16(10-15)13(3)14(4)21/h8-10,12-14,23H,11,21-22H2,1-7H3. The molecule has 4 nitrogen and oxygen atoms in total. The lowest BCUT2D eigenvalue weighted by molar-refractivity contribution is -0.113. The molecular weight excluding hydrogens is 299 g/mol. The zero-order chi connectivity index (χ0) is 18.7. The number of nitrogen functional groups attached to an aromatic ring is 1. The van der Waals surface area contributed by atoms with Crippen LogP contribution in [0.2, 0.25) is 0 Å². The first-order valence-electron chi connectivity index (χ1n) is 8.76. The van der Waals surface area contributed by atoms with Crippen LogP contribution in [0.15, 0.2) is 18.2 Å². The van der Waals surface area contributed by atoms with E-state index >= 15 is 0 Å². The topological polar surface area (TPSA) is 81.5 Å². The van der Waals surface area contributed by atoms with Crippen molar-refractivity contribution in [1.82, 2.24) is 0 Å². The van der Waals surface area contributed by atoms with Gasteiger partial charge in [-0.05, 0) is 57.6 Å². The zero-order valence-corrected chi connectivity index (χ0v) is 16.3. The molecule has 3 atom stereocenters. The summed E-state index contributed by atoms with van der Waals surface area (Å²) in [4.78, 5) is 0. The Morgan fingerprint density at radius 3 is 2.25 bits per heavy atom. The van der Waals surface area contributed by atoms with Gasteiger partial charge in [-0.15, -0.1) is 0 Å². The zero-order valence-electron chi connectivity index (χ0n) is 16.3. The molecule has 1 aromatic carbocycles. The van der Waals surface area contributed by atoms with Gasteiger partial charge >= 0.3 is 7.48 Å². The van der Waals surface area contributed by atoms with Gasteiger partial charge in [-0.3, -0.25) is 0 Å². The van der Waals surface area contributed by atoms with Gasteiger partial charge in [0, 0.05) is 11.7 Å². The van der Waals surface area contributed by atoms with E-state index in [2.05, 4.69) is 20.8 Å². The van der Waals surface area contributed by atoms with Gasteiger partial charge in [0.1, 0.15) is 0 Å². The molecule has 0 saturated heterocycles. The molecule has 3 unspecified atom stereocenters. The molecule has 0 aliphatic rings. The van der Waals surface area contributed by atoms with Crippen molar-refractivity contribution < 1.29 is 9.76 Å². The Morgan fingerprint density at radius 2 is 1.75 bits per heavy atom. The lowest BCUT2D eigenvalue weighted by atomic mass is 9.77. The minimum absolute atomic E-state index is 0.0201. The van der Waals surface area contributed by atoms with E-state index in [1.54, 1.807) is 7.48 Å². The molecule has 0 amide bonds. The first kappa shape index (κ1) is 21.0. The van der Waals surface area contributed by atoms with Crippen molar-refractivity contribution in [2.45, 2.75) is 78.0 Å². The normalized spacial score (nSPS) is 17.4. The molecule has 0 fully saturated rings. The Kier molecular flexibility index (Phi) is 6.91. The smallest absolute Gasteiger partial charge is 0.330 e. The molecule has 0 aromatic heterocycles. The van der Waals surface area contributed by atoms with E-state index in [4.69, 9.17) is 16.1 Å². The summed E-state index contributed by atoms with van der Waals surface area (Å²) in [6.45, 7) is 13.9. The van der Waals surface area contributed by atoms with Crippen molar-refractivity contribution in [2.24, 2.45) is 11.7 Å². The van der Waals surface area contributed by atoms with Crippen LogP contribution in [0.5, 0.6) is 0 Å². The Labute approximate surface area is 148 Å². The second-order valence-corrected chi connectivity index (χ2v) is 8.15. The average Bonchev–Trinajstić information content (AvgIpc) is 2.44. The van der Waals surface area contributed by atoms with Crippen molar-refractivity contribution in [2.75, 3.05) is 5.73 Å². The van der Waals surface area contributed by atoms with Gasteiger partial charge in [0.05, 0.1) is 11.2 Å². The van der Waals surface area contributed by atoms with Gasteiger partial charge in [0.15, 0.2) is 0 Å². The third-order valence-corrected chi connectivity index (χ3v) is 4.98. The maximum atomic E-state index is 10.8. The van der Waals surface area contributed by atoms with Crippen LogP contribution in [-0.4, -0.2) is 29.8 Å². The summed E-state index contributed by atoms with van der Waals surface area (Å²) in [6, 6.07) is 5.82.